The first-order valence-corrected chi connectivity index (χ1v) is 4.33. The van der Waals surface area contributed by atoms with Gasteiger partial charge in [0.05, 0.1) is 7.11 Å². The molecule has 4 nitrogen and oxygen atoms in total. The zero-order valence-corrected chi connectivity index (χ0v) is 8.67. The fourth-order valence-electron chi connectivity index (χ4n) is 0.895. The van der Waals surface area contributed by atoms with Gasteiger partial charge in [-0.05, 0) is 0 Å². The van der Waals surface area contributed by atoms with Gasteiger partial charge in [0.25, 0.3) is 0 Å². The van der Waals surface area contributed by atoms with E-state index in [0.29, 0.717) is 16.5 Å². The molecule has 0 saturated carbocycles. The van der Waals surface area contributed by atoms with Gasteiger partial charge in [-0.1, -0.05) is 11.6 Å². The molecule has 0 aromatic carbocycles. The highest BCUT2D eigenvalue weighted by Crippen LogP contribution is 2.26. The maximum absolute atomic E-state index is 10.6. The van der Waals surface area contributed by atoms with Crippen molar-refractivity contribution >= 4 is 17.6 Å². The molecule has 0 fully saturated rings. The minimum Gasteiger partial charge on any atom is -0.495 e. The Kier molecular flexibility index (Phi) is 3.71. The van der Waals surface area contributed by atoms with Gasteiger partial charge in [0.2, 0.25) is 0 Å². The van der Waals surface area contributed by atoms with E-state index >= 15 is 0 Å². The van der Waals surface area contributed by atoms with Gasteiger partial charge in [-0.2, -0.15) is 0 Å². The normalized spacial score (nSPS) is 9.64. The van der Waals surface area contributed by atoms with Gasteiger partial charge in [-0.15, -0.1) is 0 Å². The van der Waals surface area contributed by atoms with Crippen LogP contribution in [0.25, 0.3) is 0 Å². The van der Waals surface area contributed by atoms with Crippen LogP contribution in [0.15, 0.2) is 12.3 Å². The van der Waals surface area contributed by atoms with Crippen LogP contribution < -0.4 is 4.74 Å². The number of carbonyl (C=O) groups excluding carboxylic acids is 1. The minimum absolute atomic E-state index is 0.0609. The zero-order chi connectivity index (χ0) is 10.6. The molecule has 0 aliphatic rings. The quantitative estimate of drug-likeness (QED) is 0.722. The fraction of sp³-hybridized carbons (Fsp3) is 0.333. The van der Waals surface area contributed by atoms with Crippen LogP contribution in [0.3, 0.4) is 0 Å². The summed E-state index contributed by atoms with van der Waals surface area (Å²) in [7, 11) is 1.51. The van der Waals surface area contributed by atoms with Crippen LogP contribution in [0.1, 0.15) is 12.6 Å². The molecule has 76 valence electrons. The number of pyridine rings is 1. The molecule has 5 heteroatoms. The summed E-state index contributed by atoms with van der Waals surface area (Å²) in [5, 5.41) is 0.372. The Hall–Kier alpha value is -1.29. The summed E-state index contributed by atoms with van der Waals surface area (Å²) in [5.41, 5.74) is 0.487. The van der Waals surface area contributed by atoms with Crippen molar-refractivity contribution in [2.45, 2.75) is 13.5 Å². The minimum atomic E-state index is -0.370. The van der Waals surface area contributed by atoms with E-state index in [1.54, 1.807) is 12.3 Å². The van der Waals surface area contributed by atoms with Crippen molar-refractivity contribution in [2.75, 3.05) is 7.11 Å². The third-order valence-electron chi connectivity index (χ3n) is 1.56. The molecule has 0 bridgehead atoms. The number of halogens is 1. The average molecular weight is 216 g/mol. The number of rotatable bonds is 3. The molecule has 0 spiro atoms. The van der Waals surface area contributed by atoms with Crippen molar-refractivity contribution < 1.29 is 14.3 Å². The topological polar surface area (TPSA) is 48.4 Å². The zero-order valence-electron chi connectivity index (χ0n) is 7.91. The van der Waals surface area contributed by atoms with Crippen LogP contribution in [-0.4, -0.2) is 18.1 Å². The van der Waals surface area contributed by atoms with Crippen LogP contribution >= 0.6 is 11.6 Å². The molecular formula is C9H10ClNO3. The van der Waals surface area contributed by atoms with Gasteiger partial charge in [-0.25, -0.2) is 0 Å². The van der Waals surface area contributed by atoms with Crippen molar-refractivity contribution in [2.24, 2.45) is 0 Å². The van der Waals surface area contributed by atoms with Crippen molar-refractivity contribution in [3.8, 4) is 5.75 Å². The lowest BCUT2D eigenvalue weighted by Gasteiger charge is -2.07. The van der Waals surface area contributed by atoms with E-state index in [9.17, 15) is 4.79 Å². The molecule has 0 radical (unpaired) electrons. The van der Waals surface area contributed by atoms with Crippen molar-refractivity contribution in [1.82, 2.24) is 4.98 Å². The van der Waals surface area contributed by atoms with Gasteiger partial charge in [0, 0.05) is 19.2 Å². The number of hydrogen-bond acceptors (Lipinski definition) is 4. The van der Waals surface area contributed by atoms with Crippen LogP contribution in [0, 0.1) is 0 Å². The lowest BCUT2D eigenvalue weighted by Crippen LogP contribution is -2.02. The SMILES string of the molecule is COc1ccnc(COC(C)=O)c1Cl. The third-order valence-corrected chi connectivity index (χ3v) is 1.96. The second-order valence-electron chi connectivity index (χ2n) is 2.55. The third kappa shape index (κ3) is 2.60. The molecule has 0 N–H and O–H groups in total. The lowest BCUT2D eigenvalue weighted by molar-refractivity contribution is -0.142. The van der Waals surface area contributed by atoms with Gasteiger partial charge >= 0.3 is 5.97 Å². The molecule has 1 rings (SSSR count). The summed E-state index contributed by atoms with van der Waals surface area (Å²) in [5.74, 6) is 0.148. The second-order valence-corrected chi connectivity index (χ2v) is 2.93. The Morgan fingerprint density at radius 2 is 2.36 bits per heavy atom. The summed E-state index contributed by atoms with van der Waals surface area (Å²) >= 11 is 5.91. The average Bonchev–Trinajstić information content (AvgIpc) is 2.16. The van der Waals surface area contributed by atoms with Gasteiger partial charge in [0.15, 0.2) is 0 Å². The first-order valence-electron chi connectivity index (χ1n) is 3.96. The molecule has 0 atom stereocenters. The second kappa shape index (κ2) is 4.81. The van der Waals surface area contributed by atoms with E-state index < -0.39 is 0 Å². The summed E-state index contributed by atoms with van der Waals surface area (Å²) in [6.07, 6.45) is 1.55. The van der Waals surface area contributed by atoms with Gasteiger partial charge in [-0.3, -0.25) is 9.78 Å². The Balaban J connectivity index is 2.81. The number of nitrogens with zero attached hydrogens (tertiary/aromatic N) is 1. The molecule has 0 aliphatic carbocycles. The molecule has 0 aliphatic heterocycles. The molecule has 0 amide bonds. The van der Waals surface area contributed by atoms with Gasteiger partial charge < -0.3 is 9.47 Å². The number of ether oxygens (including phenoxy) is 2. The number of hydrogen-bond donors (Lipinski definition) is 0. The van der Waals surface area contributed by atoms with Crippen LogP contribution in [0.4, 0.5) is 0 Å². The van der Waals surface area contributed by atoms with Gasteiger partial charge in [0.1, 0.15) is 23.1 Å². The maximum atomic E-state index is 10.6. The van der Waals surface area contributed by atoms with E-state index in [1.807, 2.05) is 0 Å². The van der Waals surface area contributed by atoms with E-state index in [-0.39, 0.29) is 12.6 Å². The fourth-order valence-corrected chi connectivity index (χ4v) is 1.14. The summed E-state index contributed by atoms with van der Waals surface area (Å²) < 4.78 is 9.75. The molecule has 1 aromatic rings. The molecule has 14 heavy (non-hydrogen) atoms. The summed E-state index contributed by atoms with van der Waals surface area (Å²) in [4.78, 5) is 14.5. The number of carbonyl (C=O) groups is 1. The highest BCUT2D eigenvalue weighted by molar-refractivity contribution is 6.32. The molecule has 1 aromatic heterocycles. The van der Waals surface area contributed by atoms with Crippen molar-refractivity contribution in [3.63, 3.8) is 0 Å². The molecular weight excluding hydrogens is 206 g/mol. The number of aromatic nitrogens is 1. The molecule has 0 saturated heterocycles. The van der Waals surface area contributed by atoms with E-state index in [4.69, 9.17) is 21.1 Å². The molecule has 0 unspecified atom stereocenters. The number of esters is 1. The standard InChI is InChI=1S/C9H10ClNO3/c1-6(12)14-5-7-9(10)8(13-2)3-4-11-7/h3-4H,5H2,1-2H3. The van der Waals surface area contributed by atoms with Crippen LogP contribution in [0.5, 0.6) is 5.75 Å². The highest BCUT2D eigenvalue weighted by Gasteiger charge is 2.08. The monoisotopic (exact) mass is 215 g/mol. The smallest absolute Gasteiger partial charge is 0.303 e. The van der Waals surface area contributed by atoms with E-state index in [1.165, 1.54) is 14.0 Å². The first kappa shape index (κ1) is 10.8. The predicted octanol–water partition coefficient (Wildman–Crippen LogP) is 1.81. The van der Waals surface area contributed by atoms with Crippen molar-refractivity contribution in [1.29, 1.82) is 0 Å². The lowest BCUT2D eigenvalue weighted by atomic mass is 10.3. The Labute approximate surface area is 86.8 Å². The van der Waals surface area contributed by atoms with E-state index in [0.717, 1.165) is 0 Å². The maximum Gasteiger partial charge on any atom is 0.303 e. The van der Waals surface area contributed by atoms with Crippen molar-refractivity contribution in [3.05, 3.63) is 23.0 Å². The first-order chi connectivity index (χ1) is 6.65. The van der Waals surface area contributed by atoms with Crippen LogP contribution in [-0.2, 0) is 16.1 Å². The summed E-state index contributed by atoms with van der Waals surface area (Å²) in [6, 6.07) is 1.64. The molecule has 1 heterocycles. The Morgan fingerprint density at radius 1 is 1.64 bits per heavy atom. The number of methoxy groups -OCH3 is 1. The van der Waals surface area contributed by atoms with E-state index in [2.05, 4.69) is 4.98 Å². The Bertz CT molecular complexity index is 341. The largest absolute Gasteiger partial charge is 0.495 e. The Morgan fingerprint density at radius 3 is 2.93 bits per heavy atom. The summed E-state index contributed by atoms with van der Waals surface area (Å²) in [6.45, 7) is 1.39. The predicted molar refractivity (Wildman–Crippen MR) is 51.3 cm³/mol. The highest BCUT2D eigenvalue weighted by atomic mass is 35.5. The van der Waals surface area contributed by atoms with Crippen LogP contribution in [0.2, 0.25) is 5.02 Å².